The molecule has 9 aliphatic carbocycles. The number of aromatic nitrogens is 12. The second-order valence-corrected chi connectivity index (χ2v) is 43.6. The van der Waals surface area contributed by atoms with Crippen LogP contribution in [-0.4, -0.2) is 103 Å². The van der Waals surface area contributed by atoms with Gasteiger partial charge in [0.05, 0.1) is 88.6 Å². The van der Waals surface area contributed by atoms with Gasteiger partial charge in [0.1, 0.15) is 33.1 Å². The standard InChI is InChI=1S/2C32H27FN4O.C29H27FN4O3S.C29H25FN4O/c1-4-9-21-24-15-14-23-28(22-11-5-7-12-25(22)33)36-31(20-16-17-35-26-13-8-6-10-19(20)26)37-30(23)32(24,2)18-27(34-3)29(21)38;1-4-9-21-24-16-15-23-28(22-10-5-6-13-25(22)33)36-31(20-11-7-14-26-19(20)12-8-17-35-26)37-30(23)32(24,2)18-27(34-3)29(21)38;1-17-22-12-11-21-25(20-7-5-6-8-23(20)30)33-28(18-9-10-19(32-16-18)13-14-38(4,36)37)34-27(21)29(22,2)15-24(31-3)26(17)35;1-16-21-12-11-20-25(19-6-4-5-7-22(19)30)33-28(18-10-13-23(32-15-18)17-8-9-17)34-27(20)29(21,2)14-24(31-3)26(16)35/h5-8,10-13,16-18,21,24H,4,9,14-15H2,1-2H3;5-8,10-14,17-18,21,24H,4,9,15-16H2,1-2H3;5-10,15-17,22H,11-14H2,1-2,4H3;4-7,10,13-17,21H,8-9,11-12H2,1-2H3/t2*21-,24-,32-;17-,22-,29-;16-,21-,29-/m1111/s1. The first kappa shape index (κ1) is 100. The number of Topliss-reactive ketones (excluding diaryl/α,β-unsaturated/α-hetero) is 4. The number of para-hydroxylation sites is 1. The summed E-state index contributed by atoms with van der Waals surface area (Å²) in [4.78, 5) is 125. The summed E-state index contributed by atoms with van der Waals surface area (Å²) in [6, 6.07) is 53.5. The van der Waals surface area contributed by atoms with Gasteiger partial charge in [-0.2, -0.15) is 0 Å². The molecule has 0 aliphatic heterocycles. The van der Waals surface area contributed by atoms with Crippen molar-refractivity contribution < 1.29 is 45.2 Å². The highest BCUT2D eigenvalue weighted by Crippen LogP contribution is 2.58. The molecule has 9 aliphatic rings. The molecule has 744 valence electrons. The van der Waals surface area contributed by atoms with E-state index in [2.05, 4.69) is 73.9 Å². The molecule has 0 N–H and O–H groups in total. The van der Waals surface area contributed by atoms with E-state index in [1.807, 2.05) is 124 Å². The van der Waals surface area contributed by atoms with Gasteiger partial charge in [-0.05, 0) is 198 Å². The molecule has 1 fully saturated rings. The van der Waals surface area contributed by atoms with E-state index in [-0.39, 0.29) is 116 Å². The van der Waals surface area contributed by atoms with Crippen molar-refractivity contribution in [1.82, 2.24) is 59.8 Å². The van der Waals surface area contributed by atoms with Crippen LogP contribution in [-0.2, 0) is 82.8 Å². The number of aryl methyl sites for hydroxylation is 1. The number of allylic oxidation sites excluding steroid dienone is 8. The molecule has 6 aromatic carbocycles. The molecule has 0 unspecified atom stereocenters. The summed E-state index contributed by atoms with van der Waals surface area (Å²) in [6.45, 7) is 46.8. The minimum Gasteiger partial charge on any atom is -0.308 e. The Balaban J connectivity index is 0.000000120. The van der Waals surface area contributed by atoms with Gasteiger partial charge in [-0.1, -0.05) is 177 Å². The number of benzene rings is 6. The predicted molar refractivity (Wildman–Crippen MR) is 564 cm³/mol. The Kier molecular flexibility index (Phi) is 27.2. The third kappa shape index (κ3) is 18.3. The van der Waals surface area contributed by atoms with Gasteiger partial charge < -0.3 is 19.2 Å². The topological polar surface area (TPSA) is 275 Å². The molecule has 23 rings (SSSR count). The van der Waals surface area contributed by atoms with Gasteiger partial charge >= 0.3 is 0 Å². The van der Waals surface area contributed by atoms with Crippen molar-refractivity contribution in [3.63, 3.8) is 0 Å². The van der Waals surface area contributed by atoms with E-state index in [0.29, 0.717) is 130 Å². The fourth-order valence-corrected chi connectivity index (χ4v) is 25.2. The molecule has 14 aromatic rings. The molecule has 27 heteroatoms. The van der Waals surface area contributed by atoms with Gasteiger partial charge in [0.2, 0.25) is 22.8 Å². The fraction of sp³-hybridized carbons (Fsp3) is 0.311. The number of carbonyl (C=O) groups is 4. The monoisotopic (exact) mass is 2000 g/mol. The minimum absolute atomic E-state index is 0.00150. The summed E-state index contributed by atoms with van der Waals surface area (Å²) in [6.07, 6.45) is 26.5. The first-order valence-electron chi connectivity index (χ1n) is 50.8. The van der Waals surface area contributed by atoms with E-state index in [4.69, 9.17) is 66.2 Å². The fourth-order valence-electron chi connectivity index (χ4n) is 24.6. The van der Waals surface area contributed by atoms with Gasteiger partial charge in [0.15, 0.2) is 46.4 Å². The number of carbonyl (C=O) groups excluding carboxylic acids is 4. The van der Waals surface area contributed by atoms with Crippen LogP contribution in [0.3, 0.4) is 0 Å². The smallest absolute Gasteiger partial charge is 0.226 e. The van der Waals surface area contributed by atoms with E-state index < -0.39 is 37.3 Å². The van der Waals surface area contributed by atoms with Crippen molar-refractivity contribution in [3.05, 3.63) is 379 Å². The molecule has 22 nitrogen and oxygen atoms in total. The Morgan fingerprint density at radius 2 is 0.705 bits per heavy atom. The maximum Gasteiger partial charge on any atom is 0.226 e. The van der Waals surface area contributed by atoms with Gasteiger partial charge in [0, 0.05) is 178 Å². The van der Waals surface area contributed by atoms with Crippen LogP contribution in [0.2, 0.25) is 0 Å². The van der Waals surface area contributed by atoms with Crippen LogP contribution >= 0.6 is 0 Å². The Morgan fingerprint density at radius 3 is 1.09 bits per heavy atom. The molecule has 1 saturated carbocycles. The van der Waals surface area contributed by atoms with Crippen LogP contribution in [0.1, 0.15) is 182 Å². The number of fused-ring (bicyclic) bond motifs is 14. The number of hydrogen-bond acceptors (Lipinski definition) is 18. The van der Waals surface area contributed by atoms with Crippen LogP contribution in [0, 0.1) is 96.9 Å². The third-order valence-corrected chi connectivity index (χ3v) is 33.2. The average molecular weight is 2000 g/mol. The van der Waals surface area contributed by atoms with Gasteiger partial charge in [-0.25, -0.2) is 85.2 Å². The summed E-state index contributed by atoms with van der Waals surface area (Å²) in [5, 5.41) is 1.82. The number of hydrogen-bond donors (Lipinski definition) is 0. The number of sulfone groups is 1. The molecule has 0 spiro atoms. The second-order valence-electron chi connectivity index (χ2n) is 41.3. The highest BCUT2D eigenvalue weighted by Gasteiger charge is 2.56. The maximum atomic E-state index is 15.2. The zero-order valence-corrected chi connectivity index (χ0v) is 84.8. The number of ketones is 4. The number of nitrogens with zero attached hydrogens (tertiary/aromatic N) is 16. The van der Waals surface area contributed by atoms with Crippen LogP contribution in [0.25, 0.3) is 132 Å². The summed E-state index contributed by atoms with van der Waals surface area (Å²) < 4.78 is 83.6. The lowest BCUT2D eigenvalue weighted by molar-refractivity contribution is -0.123. The van der Waals surface area contributed by atoms with E-state index in [0.717, 1.165) is 128 Å². The lowest BCUT2D eigenvalue weighted by Crippen LogP contribution is -2.47. The van der Waals surface area contributed by atoms with Crippen LogP contribution in [0.4, 0.5) is 17.6 Å². The normalized spacial score (nSPS) is 23.1. The van der Waals surface area contributed by atoms with Crippen molar-refractivity contribution in [1.29, 1.82) is 0 Å². The lowest BCUT2D eigenvalue weighted by atomic mass is 9.57. The molecule has 0 amide bonds. The minimum atomic E-state index is -3.12. The molecular weight excluding hydrogens is 1890 g/mol. The predicted octanol–water partition coefficient (Wildman–Crippen LogP) is 25.1. The Hall–Kier alpha value is -16.0. The second kappa shape index (κ2) is 40.3. The third-order valence-electron chi connectivity index (χ3n) is 32.2. The quantitative estimate of drug-likeness (QED) is 0.0642. The van der Waals surface area contributed by atoms with Gasteiger partial charge in [-0.15, -0.1) is 0 Å². The van der Waals surface area contributed by atoms with Crippen LogP contribution < -0.4 is 0 Å². The van der Waals surface area contributed by atoms with E-state index in [9.17, 15) is 27.6 Å². The molecule has 12 atom stereocenters. The van der Waals surface area contributed by atoms with Crippen molar-refractivity contribution >= 4 is 54.8 Å². The zero-order chi connectivity index (χ0) is 104. The van der Waals surface area contributed by atoms with E-state index in [1.165, 1.54) is 43.4 Å². The summed E-state index contributed by atoms with van der Waals surface area (Å²) in [5.74, 6) is -0.523. The Bertz CT molecular complexity index is 8070. The SMILES string of the molecule is [C-]#[N+]C1=C[C@@]2(C)c3nc(-c4ccc(C5CC5)nc4)nc(-c4ccccc4F)c3CC[C@@H]2[C@@H](C)C1=O.[C-]#[N+]C1=C[C@@]2(C)c3nc(-c4ccc(CCS(C)(=O)=O)nc4)nc(-c4ccccc4F)c3CC[C@@H]2[C@@H](C)C1=O.[C-]#[N+]C1=C[C@@]2(C)c3nc(-c4cccc5ncccc45)nc(-c4ccccc4F)c3CC[C@@H]2[C@@H](CCC)C1=O.[C-]#[N+]C1=C[C@@]2(C)c3nc(-c4ccnc5ccccc45)nc(-c4ccccc4F)c3CC[C@@H]2[C@@H](CCC)C1=O. The Morgan fingerprint density at radius 1 is 0.362 bits per heavy atom. The van der Waals surface area contributed by atoms with E-state index in [1.54, 1.807) is 104 Å². The van der Waals surface area contributed by atoms with Crippen molar-refractivity contribution in [2.45, 2.75) is 179 Å². The average Bonchev–Trinajstić information content (AvgIpc) is 1.43. The number of halogens is 4. The lowest BCUT2D eigenvalue weighted by Gasteiger charge is -2.47. The van der Waals surface area contributed by atoms with Crippen LogP contribution in [0.5, 0.6) is 0 Å². The largest absolute Gasteiger partial charge is 0.308 e. The molecular formula is C122H106F4N16O6S. The number of pyridine rings is 4. The van der Waals surface area contributed by atoms with E-state index >= 15 is 17.6 Å². The van der Waals surface area contributed by atoms with Gasteiger partial charge in [0.25, 0.3) is 0 Å². The summed E-state index contributed by atoms with van der Waals surface area (Å²) in [7, 11) is -3.12. The number of rotatable bonds is 16. The van der Waals surface area contributed by atoms with Crippen molar-refractivity contribution in [2.75, 3.05) is 12.0 Å². The first-order valence-corrected chi connectivity index (χ1v) is 52.9. The zero-order valence-electron chi connectivity index (χ0n) is 84.0. The van der Waals surface area contributed by atoms with Crippen molar-refractivity contribution in [2.24, 2.45) is 47.3 Å². The summed E-state index contributed by atoms with van der Waals surface area (Å²) in [5.41, 5.74) is 14.8. The van der Waals surface area contributed by atoms with Crippen molar-refractivity contribution in [3.8, 4) is 90.6 Å². The molecule has 0 bridgehead atoms. The maximum absolute atomic E-state index is 15.2. The Labute approximate surface area is 862 Å². The summed E-state index contributed by atoms with van der Waals surface area (Å²) >= 11 is 0. The molecule has 0 saturated heterocycles. The first-order chi connectivity index (χ1) is 71.8. The highest BCUT2D eigenvalue weighted by atomic mass is 32.2. The van der Waals surface area contributed by atoms with Gasteiger partial charge in [-0.3, -0.25) is 19.9 Å². The molecule has 0 radical (unpaired) electrons. The molecule has 8 heterocycles. The molecule has 149 heavy (non-hydrogen) atoms. The van der Waals surface area contributed by atoms with Crippen LogP contribution in [0.15, 0.2) is 254 Å². The highest BCUT2D eigenvalue weighted by molar-refractivity contribution is 7.90. The molecule has 8 aromatic heterocycles.